The van der Waals surface area contributed by atoms with Gasteiger partial charge >= 0.3 is 0 Å². The third-order valence-electron chi connectivity index (χ3n) is 4.43. The molecule has 1 amide bonds. The molecule has 6 heteroatoms. The Morgan fingerprint density at radius 1 is 1.24 bits per heavy atom. The SMILES string of the molecule is CCCCCN(CCCCC)CC(C)NC(=O)Cn1ncc(Br)c1C. The standard InChI is InChI=1S/C19H35BrN4O/c1-5-7-9-11-23(12-10-8-6-2)14-16(3)22-19(25)15-24-17(4)18(20)13-21-24/h13,16H,5-12,14-15H2,1-4H3,(H,22,25). The van der Waals surface area contributed by atoms with Crippen LogP contribution in [-0.4, -0.2) is 46.3 Å². The summed E-state index contributed by atoms with van der Waals surface area (Å²) in [4.78, 5) is 14.8. The van der Waals surface area contributed by atoms with Crippen molar-refractivity contribution in [3.63, 3.8) is 0 Å². The average molecular weight is 415 g/mol. The maximum atomic E-state index is 12.3. The molecule has 0 saturated carbocycles. The molecule has 0 radical (unpaired) electrons. The number of amides is 1. The predicted molar refractivity (Wildman–Crippen MR) is 108 cm³/mol. The van der Waals surface area contributed by atoms with E-state index >= 15 is 0 Å². The zero-order valence-electron chi connectivity index (χ0n) is 16.4. The molecule has 1 aromatic heterocycles. The van der Waals surface area contributed by atoms with Gasteiger partial charge in [-0.25, -0.2) is 0 Å². The Kier molecular flexibility index (Phi) is 11.1. The fourth-order valence-electron chi connectivity index (χ4n) is 2.94. The number of rotatable bonds is 13. The van der Waals surface area contributed by atoms with Gasteiger partial charge in [0, 0.05) is 12.6 Å². The molecular formula is C19H35BrN4O. The van der Waals surface area contributed by atoms with Gasteiger partial charge in [-0.15, -0.1) is 0 Å². The van der Waals surface area contributed by atoms with Gasteiger partial charge in [-0.1, -0.05) is 39.5 Å². The van der Waals surface area contributed by atoms with Crippen LogP contribution in [0.25, 0.3) is 0 Å². The first-order chi connectivity index (χ1) is 12.0. The van der Waals surface area contributed by atoms with Crippen molar-refractivity contribution in [3.05, 3.63) is 16.4 Å². The van der Waals surface area contributed by atoms with Crippen LogP contribution in [0.5, 0.6) is 0 Å². The Hall–Kier alpha value is -0.880. The van der Waals surface area contributed by atoms with E-state index in [1.807, 2.05) is 6.92 Å². The van der Waals surface area contributed by atoms with Crippen molar-refractivity contribution in [2.24, 2.45) is 0 Å². The number of nitrogens with one attached hydrogen (secondary N) is 1. The quantitative estimate of drug-likeness (QED) is 0.493. The topological polar surface area (TPSA) is 50.2 Å². The Morgan fingerprint density at radius 2 is 1.84 bits per heavy atom. The highest BCUT2D eigenvalue weighted by atomic mass is 79.9. The second-order valence-electron chi connectivity index (χ2n) is 6.92. The highest BCUT2D eigenvalue weighted by Crippen LogP contribution is 2.13. The van der Waals surface area contributed by atoms with E-state index in [0.29, 0.717) is 0 Å². The Labute approximate surface area is 161 Å². The number of nitrogens with zero attached hydrogens (tertiary/aromatic N) is 3. The molecular weight excluding hydrogens is 380 g/mol. The number of aromatic nitrogens is 2. The molecule has 25 heavy (non-hydrogen) atoms. The van der Waals surface area contributed by atoms with Gasteiger partial charge in [-0.2, -0.15) is 5.10 Å². The maximum absolute atomic E-state index is 12.3. The van der Waals surface area contributed by atoms with Gasteiger partial charge in [0.15, 0.2) is 0 Å². The van der Waals surface area contributed by atoms with E-state index in [9.17, 15) is 4.79 Å². The third-order valence-corrected chi connectivity index (χ3v) is 5.21. The molecule has 1 aromatic rings. The van der Waals surface area contributed by atoms with Crippen molar-refractivity contribution in [2.75, 3.05) is 19.6 Å². The molecule has 1 atom stereocenters. The fraction of sp³-hybridized carbons (Fsp3) is 0.789. The molecule has 0 bridgehead atoms. The summed E-state index contributed by atoms with van der Waals surface area (Å²) in [6.45, 7) is 12.0. The predicted octanol–water partition coefficient (Wildman–Crippen LogP) is 4.14. The van der Waals surface area contributed by atoms with Gasteiger partial charge in [-0.05, 0) is 55.7 Å². The first-order valence-corrected chi connectivity index (χ1v) is 10.5. The van der Waals surface area contributed by atoms with Crippen molar-refractivity contribution in [2.45, 2.75) is 78.8 Å². The van der Waals surface area contributed by atoms with Crippen LogP contribution in [0, 0.1) is 6.92 Å². The zero-order valence-corrected chi connectivity index (χ0v) is 17.9. The fourth-order valence-corrected chi connectivity index (χ4v) is 3.23. The second kappa shape index (κ2) is 12.5. The molecule has 0 aromatic carbocycles. The summed E-state index contributed by atoms with van der Waals surface area (Å²) in [7, 11) is 0. The highest BCUT2D eigenvalue weighted by molar-refractivity contribution is 9.10. The number of hydrogen-bond donors (Lipinski definition) is 1. The zero-order chi connectivity index (χ0) is 18.7. The third kappa shape index (κ3) is 8.86. The van der Waals surface area contributed by atoms with Crippen LogP contribution >= 0.6 is 15.9 Å². The van der Waals surface area contributed by atoms with Gasteiger partial charge < -0.3 is 10.2 Å². The molecule has 1 rings (SSSR count). The molecule has 0 saturated heterocycles. The molecule has 1 N–H and O–H groups in total. The summed E-state index contributed by atoms with van der Waals surface area (Å²) in [6, 6.07) is 0.148. The molecule has 0 aliphatic heterocycles. The van der Waals surface area contributed by atoms with Crippen LogP contribution < -0.4 is 5.32 Å². The van der Waals surface area contributed by atoms with Crippen LogP contribution in [0.15, 0.2) is 10.7 Å². The largest absolute Gasteiger partial charge is 0.351 e. The van der Waals surface area contributed by atoms with Crippen molar-refractivity contribution in [3.8, 4) is 0 Å². The minimum atomic E-state index is 0.0215. The molecule has 5 nitrogen and oxygen atoms in total. The molecule has 0 aliphatic carbocycles. The minimum absolute atomic E-state index is 0.0215. The van der Waals surface area contributed by atoms with E-state index in [1.165, 1.54) is 38.5 Å². The van der Waals surface area contributed by atoms with Crippen LogP contribution in [0.2, 0.25) is 0 Å². The van der Waals surface area contributed by atoms with E-state index < -0.39 is 0 Å². The summed E-state index contributed by atoms with van der Waals surface area (Å²) in [5.41, 5.74) is 0.976. The van der Waals surface area contributed by atoms with Crippen molar-refractivity contribution in [1.29, 1.82) is 0 Å². The smallest absolute Gasteiger partial charge is 0.241 e. The Bertz CT molecular complexity index is 494. The highest BCUT2D eigenvalue weighted by Gasteiger charge is 2.14. The Balaban J connectivity index is 2.43. The monoisotopic (exact) mass is 414 g/mol. The van der Waals surface area contributed by atoms with Crippen LogP contribution in [0.1, 0.15) is 65.0 Å². The lowest BCUT2D eigenvalue weighted by molar-refractivity contribution is -0.122. The van der Waals surface area contributed by atoms with E-state index in [1.54, 1.807) is 10.9 Å². The molecule has 0 fully saturated rings. The van der Waals surface area contributed by atoms with E-state index in [-0.39, 0.29) is 18.5 Å². The summed E-state index contributed by atoms with van der Waals surface area (Å²) in [6.07, 6.45) is 9.25. The normalized spacial score (nSPS) is 12.6. The van der Waals surface area contributed by atoms with E-state index in [4.69, 9.17) is 0 Å². The van der Waals surface area contributed by atoms with Crippen LogP contribution in [0.4, 0.5) is 0 Å². The first-order valence-electron chi connectivity index (χ1n) is 9.67. The minimum Gasteiger partial charge on any atom is -0.351 e. The first kappa shape index (κ1) is 22.2. The number of hydrogen-bond acceptors (Lipinski definition) is 3. The molecule has 144 valence electrons. The van der Waals surface area contributed by atoms with Crippen molar-refractivity contribution in [1.82, 2.24) is 20.0 Å². The molecule has 1 heterocycles. The molecule has 0 spiro atoms. The summed E-state index contributed by atoms with van der Waals surface area (Å²) < 4.78 is 2.67. The summed E-state index contributed by atoms with van der Waals surface area (Å²) in [5.74, 6) is 0.0215. The van der Waals surface area contributed by atoms with Crippen LogP contribution in [0.3, 0.4) is 0 Å². The number of carbonyl (C=O) groups excluding carboxylic acids is 1. The van der Waals surface area contributed by atoms with Gasteiger partial charge in [-0.3, -0.25) is 9.48 Å². The lowest BCUT2D eigenvalue weighted by Crippen LogP contribution is -2.43. The van der Waals surface area contributed by atoms with Gasteiger partial charge in [0.2, 0.25) is 5.91 Å². The van der Waals surface area contributed by atoms with Gasteiger partial charge in [0.25, 0.3) is 0 Å². The Morgan fingerprint density at radius 3 is 2.32 bits per heavy atom. The number of unbranched alkanes of at least 4 members (excludes halogenated alkanes) is 4. The lowest BCUT2D eigenvalue weighted by atomic mass is 10.2. The molecule has 1 unspecified atom stereocenters. The maximum Gasteiger partial charge on any atom is 0.241 e. The van der Waals surface area contributed by atoms with Crippen molar-refractivity contribution < 1.29 is 4.79 Å². The van der Waals surface area contributed by atoms with Crippen molar-refractivity contribution >= 4 is 21.8 Å². The number of halogens is 1. The van der Waals surface area contributed by atoms with Gasteiger partial charge in [0.05, 0.1) is 16.4 Å². The molecule has 0 aliphatic rings. The van der Waals surface area contributed by atoms with E-state index in [0.717, 1.165) is 29.8 Å². The van der Waals surface area contributed by atoms with Crippen LogP contribution in [-0.2, 0) is 11.3 Å². The average Bonchev–Trinajstić information content (AvgIpc) is 2.87. The summed E-state index contributed by atoms with van der Waals surface area (Å²) >= 11 is 3.43. The number of carbonyl (C=O) groups is 1. The second-order valence-corrected chi connectivity index (χ2v) is 7.77. The van der Waals surface area contributed by atoms with Gasteiger partial charge in [0.1, 0.15) is 6.54 Å². The lowest BCUT2D eigenvalue weighted by Gasteiger charge is -2.26. The summed E-state index contributed by atoms with van der Waals surface area (Å²) in [5, 5.41) is 7.34. The van der Waals surface area contributed by atoms with E-state index in [2.05, 4.69) is 52.0 Å².